The molecule has 0 spiro atoms. The molecule has 0 aliphatic carbocycles. The second-order valence-corrected chi connectivity index (χ2v) is 3.70. The van der Waals surface area contributed by atoms with Crippen molar-refractivity contribution in [3.05, 3.63) is 35.4 Å². The fourth-order valence-corrected chi connectivity index (χ4v) is 1.78. The van der Waals surface area contributed by atoms with Crippen molar-refractivity contribution in [3.63, 3.8) is 0 Å². The van der Waals surface area contributed by atoms with Crippen molar-refractivity contribution in [1.82, 2.24) is 5.32 Å². The number of ether oxygens (including phenoxy) is 2. The molecule has 1 fully saturated rings. The molecular formula is C12H15NO3. The fourth-order valence-electron chi connectivity index (χ4n) is 1.78. The Labute approximate surface area is 94.6 Å². The second kappa shape index (κ2) is 5.09. The minimum Gasteiger partial charge on any atom is -0.465 e. The third kappa shape index (κ3) is 2.40. The molecule has 1 aliphatic rings. The molecule has 86 valence electrons. The molecule has 0 saturated carbocycles. The molecule has 1 aromatic carbocycles. The quantitative estimate of drug-likeness (QED) is 0.761. The van der Waals surface area contributed by atoms with Gasteiger partial charge < -0.3 is 14.8 Å². The number of esters is 1. The van der Waals surface area contributed by atoms with Gasteiger partial charge in [-0.3, -0.25) is 0 Å². The van der Waals surface area contributed by atoms with E-state index in [1.54, 1.807) is 6.07 Å². The van der Waals surface area contributed by atoms with Crippen molar-refractivity contribution in [2.75, 3.05) is 26.9 Å². The minimum absolute atomic E-state index is 0.165. The Bertz CT molecular complexity index is 372. The fraction of sp³-hybridized carbons (Fsp3) is 0.417. The molecule has 1 heterocycles. The van der Waals surface area contributed by atoms with Crippen LogP contribution < -0.4 is 5.32 Å². The molecule has 1 aromatic rings. The van der Waals surface area contributed by atoms with Crippen LogP contribution in [-0.2, 0) is 9.47 Å². The summed E-state index contributed by atoms with van der Waals surface area (Å²) in [5, 5.41) is 3.34. The third-order valence-corrected chi connectivity index (χ3v) is 2.63. The number of morpholine rings is 1. The Hall–Kier alpha value is -1.39. The summed E-state index contributed by atoms with van der Waals surface area (Å²) in [5.41, 5.74) is 1.63. The lowest BCUT2D eigenvalue weighted by molar-refractivity contribution is 0.0599. The van der Waals surface area contributed by atoms with E-state index in [-0.39, 0.29) is 12.0 Å². The van der Waals surface area contributed by atoms with Crippen LogP contribution in [0.3, 0.4) is 0 Å². The summed E-state index contributed by atoms with van der Waals surface area (Å²) < 4.78 is 10.1. The van der Waals surface area contributed by atoms with E-state index in [0.29, 0.717) is 12.2 Å². The molecule has 4 nitrogen and oxygen atoms in total. The number of methoxy groups -OCH3 is 1. The van der Waals surface area contributed by atoms with E-state index in [2.05, 4.69) is 10.1 Å². The number of rotatable bonds is 2. The number of carbonyl (C=O) groups excluding carboxylic acids is 1. The highest BCUT2D eigenvalue weighted by Crippen LogP contribution is 2.17. The van der Waals surface area contributed by atoms with Crippen LogP contribution in [0.25, 0.3) is 0 Å². The smallest absolute Gasteiger partial charge is 0.337 e. The zero-order valence-electron chi connectivity index (χ0n) is 9.23. The molecule has 1 N–H and O–H groups in total. The summed E-state index contributed by atoms with van der Waals surface area (Å²) in [5.74, 6) is -0.307. The van der Waals surface area contributed by atoms with E-state index in [1.807, 2.05) is 18.2 Å². The van der Waals surface area contributed by atoms with Gasteiger partial charge in [-0.05, 0) is 17.7 Å². The zero-order valence-corrected chi connectivity index (χ0v) is 9.23. The minimum atomic E-state index is -0.307. The van der Waals surface area contributed by atoms with Gasteiger partial charge in [-0.15, -0.1) is 0 Å². The summed E-state index contributed by atoms with van der Waals surface area (Å²) in [6, 6.07) is 7.60. The molecule has 1 saturated heterocycles. The normalized spacial score (nSPS) is 20.4. The maximum absolute atomic E-state index is 11.4. The van der Waals surface area contributed by atoms with Crippen molar-refractivity contribution in [2.45, 2.75) is 6.04 Å². The molecule has 1 unspecified atom stereocenters. The van der Waals surface area contributed by atoms with Gasteiger partial charge in [-0.25, -0.2) is 4.79 Å². The van der Waals surface area contributed by atoms with Crippen LogP contribution in [0.15, 0.2) is 24.3 Å². The lowest BCUT2D eigenvalue weighted by Gasteiger charge is -2.24. The highest BCUT2D eigenvalue weighted by atomic mass is 16.5. The maximum atomic E-state index is 11.4. The highest BCUT2D eigenvalue weighted by molar-refractivity contribution is 5.89. The first kappa shape index (κ1) is 11.1. The van der Waals surface area contributed by atoms with Crippen molar-refractivity contribution < 1.29 is 14.3 Å². The molecular weight excluding hydrogens is 206 g/mol. The van der Waals surface area contributed by atoms with E-state index < -0.39 is 0 Å². The number of hydrogen-bond acceptors (Lipinski definition) is 4. The first-order valence-electron chi connectivity index (χ1n) is 5.30. The summed E-state index contributed by atoms with van der Waals surface area (Å²) >= 11 is 0. The Morgan fingerprint density at radius 3 is 3.12 bits per heavy atom. The lowest BCUT2D eigenvalue weighted by Crippen LogP contribution is -2.34. The van der Waals surface area contributed by atoms with Crippen molar-refractivity contribution >= 4 is 5.97 Å². The van der Waals surface area contributed by atoms with E-state index in [0.717, 1.165) is 18.7 Å². The van der Waals surface area contributed by atoms with Gasteiger partial charge in [0.2, 0.25) is 0 Å². The summed E-state index contributed by atoms with van der Waals surface area (Å²) in [7, 11) is 1.39. The van der Waals surface area contributed by atoms with Crippen LogP contribution in [0.1, 0.15) is 22.0 Å². The van der Waals surface area contributed by atoms with E-state index in [1.165, 1.54) is 7.11 Å². The van der Waals surface area contributed by atoms with Gasteiger partial charge in [0.15, 0.2) is 0 Å². The molecule has 0 aromatic heterocycles. The third-order valence-electron chi connectivity index (χ3n) is 2.63. The van der Waals surface area contributed by atoms with Gasteiger partial charge in [-0.1, -0.05) is 12.1 Å². The number of nitrogens with one attached hydrogen (secondary N) is 1. The molecule has 16 heavy (non-hydrogen) atoms. The maximum Gasteiger partial charge on any atom is 0.337 e. The zero-order chi connectivity index (χ0) is 11.4. The number of hydrogen-bond donors (Lipinski definition) is 1. The van der Waals surface area contributed by atoms with E-state index >= 15 is 0 Å². The van der Waals surface area contributed by atoms with Gasteiger partial charge in [-0.2, -0.15) is 0 Å². The average molecular weight is 221 g/mol. The Balaban J connectivity index is 2.17. The second-order valence-electron chi connectivity index (χ2n) is 3.70. The monoisotopic (exact) mass is 221 g/mol. The highest BCUT2D eigenvalue weighted by Gasteiger charge is 2.16. The standard InChI is InChI=1S/C12H15NO3/c1-15-12(14)10-4-2-3-9(7-10)11-8-16-6-5-13-11/h2-4,7,11,13H,5-6,8H2,1H3. The molecule has 1 atom stereocenters. The van der Waals surface area contributed by atoms with Gasteiger partial charge in [0, 0.05) is 6.54 Å². The topological polar surface area (TPSA) is 47.6 Å². The van der Waals surface area contributed by atoms with Crippen molar-refractivity contribution in [2.24, 2.45) is 0 Å². The van der Waals surface area contributed by atoms with Gasteiger partial charge in [0.1, 0.15) is 0 Å². The first-order chi connectivity index (χ1) is 7.81. The Morgan fingerprint density at radius 1 is 1.56 bits per heavy atom. The van der Waals surface area contributed by atoms with E-state index in [9.17, 15) is 4.79 Å². The predicted octanol–water partition coefficient (Wildman–Crippen LogP) is 1.13. The Morgan fingerprint density at radius 2 is 2.44 bits per heavy atom. The SMILES string of the molecule is COC(=O)c1cccc(C2COCCN2)c1. The summed E-state index contributed by atoms with van der Waals surface area (Å²) in [4.78, 5) is 11.4. The Kier molecular flexibility index (Phi) is 3.54. The molecule has 0 radical (unpaired) electrons. The van der Waals surface area contributed by atoms with Crippen LogP contribution in [0.4, 0.5) is 0 Å². The first-order valence-corrected chi connectivity index (χ1v) is 5.30. The van der Waals surface area contributed by atoms with Crippen LogP contribution in [0, 0.1) is 0 Å². The number of benzene rings is 1. The molecule has 4 heteroatoms. The molecule has 2 rings (SSSR count). The predicted molar refractivity (Wildman–Crippen MR) is 59.3 cm³/mol. The molecule has 1 aliphatic heterocycles. The van der Waals surface area contributed by atoms with Gasteiger partial charge in [0.05, 0.1) is 31.9 Å². The van der Waals surface area contributed by atoms with Crippen molar-refractivity contribution in [1.29, 1.82) is 0 Å². The summed E-state index contributed by atoms with van der Waals surface area (Å²) in [6.45, 7) is 2.23. The molecule has 0 amide bonds. The van der Waals surface area contributed by atoms with Crippen molar-refractivity contribution in [3.8, 4) is 0 Å². The van der Waals surface area contributed by atoms with Crippen LogP contribution in [0.2, 0.25) is 0 Å². The van der Waals surface area contributed by atoms with Gasteiger partial charge >= 0.3 is 5.97 Å². The van der Waals surface area contributed by atoms with E-state index in [4.69, 9.17) is 4.74 Å². The molecule has 0 bridgehead atoms. The van der Waals surface area contributed by atoms with Crippen LogP contribution >= 0.6 is 0 Å². The summed E-state index contributed by atoms with van der Waals surface area (Å²) in [6.07, 6.45) is 0. The van der Waals surface area contributed by atoms with Crippen LogP contribution in [0.5, 0.6) is 0 Å². The van der Waals surface area contributed by atoms with Gasteiger partial charge in [0.25, 0.3) is 0 Å². The lowest BCUT2D eigenvalue weighted by atomic mass is 10.0. The number of carbonyl (C=O) groups is 1. The average Bonchev–Trinajstić information content (AvgIpc) is 2.39. The van der Waals surface area contributed by atoms with Crippen LogP contribution in [-0.4, -0.2) is 32.8 Å². The largest absolute Gasteiger partial charge is 0.465 e.